The molecule has 0 aliphatic carbocycles. The minimum absolute atomic E-state index is 0.0744. The van der Waals surface area contributed by atoms with Gasteiger partial charge in [-0.05, 0) is 50.8 Å². The van der Waals surface area contributed by atoms with Crippen LogP contribution in [0.25, 0.3) is 11.3 Å². The molecule has 0 fully saturated rings. The number of nitrogens with one attached hydrogen (secondary N) is 1. The van der Waals surface area contributed by atoms with Crippen LogP contribution in [0, 0.1) is 12.7 Å². The fraction of sp³-hybridized carbons (Fsp3) is 0.278. The summed E-state index contributed by atoms with van der Waals surface area (Å²) in [6.45, 7) is 2.85. The van der Waals surface area contributed by atoms with Crippen molar-refractivity contribution in [2.24, 2.45) is 5.73 Å². The average molecular weight is 344 g/mol. The Hall–Kier alpha value is -2.80. The first kappa shape index (κ1) is 18.5. The van der Waals surface area contributed by atoms with Crippen molar-refractivity contribution in [3.63, 3.8) is 0 Å². The van der Waals surface area contributed by atoms with E-state index in [4.69, 9.17) is 5.73 Å². The van der Waals surface area contributed by atoms with Crippen LogP contribution in [0.15, 0.2) is 30.5 Å². The molecule has 3 N–H and O–H groups in total. The van der Waals surface area contributed by atoms with Gasteiger partial charge in [0.1, 0.15) is 5.82 Å². The summed E-state index contributed by atoms with van der Waals surface area (Å²) in [6, 6.07) is 5.84. The molecule has 0 radical (unpaired) electrons. The Morgan fingerprint density at radius 3 is 2.52 bits per heavy atom. The molecule has 25 heavy (non-hydrogen) atoms. The van der Waals surface area contributed by atoms with Gasteiger partial charge < -0.3 is 16.0 Å². The summed E-state index contributed by atoms with van der Waals surface area (Å²) in [5.41, 5.74) is 7.00. The SMILES string of the molecule is Cc1c(F)cc(C(N)=O)cc1-c1ccc(C(=O)NCCN(C)C)cn1. The molecule has 2 rings (SSSR count). The molecule has 0 unspecified atom stereocenters. The molecule has 0 saturated heterocycles. The van der Waals surface area contributed by atoms with Gasteiger partial charge in [0, 0.05) is 30.4 Å². The lowest BCUT2D eigenvalue weighted by Crippen LogP contribution is -2.31. The van der Waals surface area contributed by atoms with Crippen molar-refractivity contribution in [3.8, 4) is 11.3 Å². The van der Waals surface area contributed by atoms with Crippen LogP contribution in [0.4, 0.5) is 4.39 Å². The third kappa shape index (κ3) is 4.60. The number of pyridine rings is 1. The van der Waals surface area contributed by atoms with E-state index < -0.39 is 11.7 Å². The number of nitrogens with zero attached hydrogens (tertiary/aromatic N) is 2. The van der Waals surface area contributed by atoms with Crippen LogP contribution >= 0.6 is 0 Å². The van der Waals surface area contributed by atoms with Crippen LogP contribution in [0.5, 0.6) is 0 Å². The zero-order valence-electron chi connectivity index (χ0n) is 14.5. The van der Waals surface area contributed by atoms with Crippen molar-refractivity contribution >= 4 is 11.8 Å². The normalized spacial score (nSPS) is 10.8. The summed E-state index contributed by atoms with van der Waals surface area (Å²) in [7, 11) is 3.84. The molecule has 7 heteroatoms. The maximum atomic E-state index is 14.0. The van der Waals surface area contributed by atoms with E-state index in [0.717, 1.165) is 12.6 Å². The molecule has 0 aliphatic rings. The Balaban J connectivity index is 2.23. The molecule has 2 aromatic rings. The number of halogens is 1. The maximum Gasteiger partial charge on any atom is 0.252 e. The third-order valence-corrected chi connectivity index (χ3v) is 3.78. The lowest BCUT2D eigenvalue weighted by molar-refractivity contribution is 0.0949. The molecule has 0 saturated carbocycles. The number of likely N-dealkylation sites (N-methyl/N-ethyl adjacent to an activating group) is 1. The van der Waals surface area contributed by atoms with Gasteiger partial charge in [0.05, 0.1) is 11.3 Å². The van der Waals surface area contributed by atoms with Gasteiger partial charge >= 0.3 is 0 Å². The fourth-order valence-corrected chi connectivity index (χ4v) is 2.27. The molecule has 1 heterocycles. The largest absolute Gasteiger partial charge is 0.366 e. The van der Waals surface area contributed by atoms with Gasteiger partial charge in [0.2, 0.25) is 5.91 Å². The van der Waals surface area contributed by atoms with Crippen molar-refractivity contribution in [1.29, 1.82) is 0 Å². The second-order valence-electron chi connectivity index (χ2n) is 5.99. The molecular weight excluding hydrogens is 323 g/mol. The van der Waals surface area contributed by atoms with Crippen molar-refractivity contribution in [2.75, 3.05) is 27.2 Å². The summed E-state index contributed by atoms with van der Waals surface area (Å²) >= 11 is 0. The quantitative estimate of drug-likeness (QED) is 0.833. The van der Waals surface area contributed by atoms with Crippen LogP contribution < -0.4 is 11.1 Å². The fourth-order valence-electron chi connectivity index (χ4n) is 2.27. The van der Waals surface area contributed by atoms with Gasteiger partial charge in [0.15, 0.2) is 0 Å². The van der Waals surface area contributed by atoms with E-state index in [1.165, 1.54) is 12.3 Å². The molecule has 0 atom stereocenters. The number of primary amides is 1. The topological polar surface area (TPSA) is 88.3 Å². The highest BCUT2D eigenvalue weighted by molar-refractivity contribution is 5.95. The van der Waals surface area contributed by atoms with E-state index in [2.05, 4.69) is 10.3 Å². The highest BCUT2D eigenvalue weighted by atomic mass is 19.1. The van der Waals surface area contributed by atoms with Crippen LogP contribution in [-0.2, 0) is 0 Å². The standard InChI is InChI=1S/C18H21FN4O2/c1-11-14(8-13(17(20)24)9-15(11)19)16-5-4-12(10-22-16)18(25)21-6-7-23(2)3/h4-5,8-10H,6-7H2,1-3H3,(H2,20,24)(H,21,25). The van der Waals surface area contributed by atoms with Gasteiger partial charge in [-0.1, -0.05) is 0 Å². The van der Waals surface area contributed by atoms with E-state index >= 15 is 0 Å². The summed E-state index contributed by atoms with van der Waals surface area (Å²) < 4.78 is 14.0. The number of hydrogen-bond donors (Lipinski definition) is 2. The van der Waals surface area contributed by atoms with Crippen LogP contribution in [0.2, 0.25) is 0 Å². The second-order valence-corrected chi connectivity index (χ2v) is 5.99. The lowest BCUT2D eigenvalue weighted by Gasteiger charge is -2.11. The number of amides is 2. The monoisotopic (exact) mass is 344 g/mol. The van der Waals surface area contributed by atoms with Crippen molar-refractivity contribution in [1.82, 2.24) is 15.2 Å². The number of hydrogen-bond acceptors (Lipinski definition) is 4. The second kappa shape index (κ2) is 7.85. The third-order valence-electron chi connectivity index (χ3n) is 3.78. The first-order chi connectivity index (χ1) is 11.8. The molecule has 6 nitrogen and oxygen atoms in total. The van der Waals surface area contributed by atoms with E-state index in [9.17, 15) is 14.0 Å². The Morgan fingerprint density at radius 2 is 1.96 bits per heavy atom. The number of rotatable bonds is 6. The van der Waals surface area contributed by atoms with Gasteiger partial charge in [-0.3, -0.25) is 14.6 Å². The minimum Gasteiger partial charge on any atom is -0.366 e. The van der Waals surface area contributed by atoms with E-state index in [1.807, 2.05) is 19.0 Å². The van der Waals surface area contributed by atoms with Crippen molar-refractivity contribution in [3.05, 3.63) is 53.0 Å². The number of carbonyl (C=O) groups is 2. The average Bonchev–Trinajstić information content (AvgIpc) is 2.56. The molecule has 0 aliphatic heterocycles. The Labute approximate surface area is 145 Å². The first-order valence-electron chi connectivity index (χ1n) is 7.79. The van der Waals surface area contributed by atoms with Gasteiger partial charge in [-0.2, -0.15) is 0 Å². The zero-order chi connectivity index (χ0) is 18.6. The van der Waals surface area contributed by atoms with Crippen molar-refractivity contribution < 1.29 is 14.0 Å². The van der Waals surface area contributed by atoms with Crippen LogP contribution in [0.3, 0.4) is 0 Å². The highest BCUT2D eigenvalue weighted by Gasteiger charge is 2.14. The molecule has 1 aromatic heterocycles. The van der Waals surface area contributed by atoms with Crippen LogP contribution in [0.1, 0.15) is 26.3 Å². The number of benzene rings is 1. The lowest BCUT2D eigenvalue weighted by atomic mass is 10.0. The molecule has 132 valence electrons. The minimum atomic E-state index is -0.711. The molecular formula is C18H21FN4O2. The molecule has 2 amide bonds. The summed E-state index contributed by atoms with van der Waals surface area (Å²) in [4.78, 5) is 29.6. The van der Waals surface area contributed by atoms with Gasteiger partial charge in [-0.25, -0.2) is 4.39 Å². The van der Waals surface area contributed by atoms with E-state index in [1.54, 1.807) is 19.1 Å². The summed E-state index contributed by atoms with van der Waals surface area (Å²) in [6.07, 6.45) is 1.43. The summed E-state index contributed by atoms with van der Waals surface area (Å²) in [5.74, 6) is -1.47. The number of aromatic nitrogens is 1. The van der Waals surface area contributed by atoms with Crippen molar-refractivity contribution in [2.45, 2.75) is 6.92 Å². The Morgan fingerprint density at radius 1 is 1.24 bits per heavy atom. The molecule has 0 spiro atoms. The van der Waals surface area contributed by atoms with Crippen LogP contribution in [-0.4, -0.2) is 48.9 Å². The van der Waals surface area contributed by atoms with E-state index in [-0.39, 0.29) is 11.5 Å². The zero-order valence-corrected chi connectivity index (χ0v) is 14.5. The maximum absolute atomic E-state index is 14.0. The number of carbonyl (C=O) groups excluding carboxylic acids is 2. The predicted molar refractivity (Wildman–Crippen MR) is 93.8 cm³/mol. The first-order valence-corrected chi connectivity index (χ1v) is 7.79. The van der Waals surface area contributed by atoms with E-state index in [0.29, 0.717) is 28.9 Å². The van der Waals surface area contributed by atoms with Gasteiger partial charge in [0.25, 0.3) is 5.91 Å². The smallest absolute Gasteiger partial charge is 0.252 e. The molecule has 1 aromatic carbocycles. The molecule has 0 bridgehead atoms. The predicted octanol–water partition coefficient (Wildman–Crippen LogP) is 1.59. The number of nitrogens with two attached hydrogens (primary N) is 1. The van der Waals surface area contributed by atoms with Gasteiger partial charge in [-0.15, -0.1) is 0 Å². The summed E-state index contributed by atoms with van der Waals surface area (Å²) in [5, 5.41) is 2.79. The highest BCUT2D eigenvalue weighted by Crippen LogP contribution is 2.25. The Kier molecular flexibility index (Phi) is 5.82. The Bertz CT molecular complexity index is 788.